The second kappa shape index (κ2) is 12.2. The summed E-state index contributed by atoms with van der Waals surface area (Å²) in [5.41, 5.74) is 1.63. The van der Waals surface area contributed by atoms with E-state index in [1.165, 1.54) is 6.07 Å². The van der Waals surface area contributed by atoms with E-state index in [-0.39, 0.29) is 17.0 Å². The molecule has 2 rings (SSSR count). The molecular weight excluding hydrogens is 414 g/mol. The number of methoxy groups -OCH3 is 1. The van der Waals surface area contributed by atoms with Gasteiger partial charge in [0.2, 0.25) is 10.0 Å². The van der Waals surface area contributed by atoms with Gasteiger partial charge in [-0.1, -0.05) is 69.4 Å². The summed E-state index contributed by atoms with van der Waals surface area (Å²) in [6.45, 7) is 2.13. The molecule has 168 valence electrons. The van der Waals surface area contributed by atoms with E-state index >= 15 is 0 Å². The van der Waals surface area contributed by atoms with Crippen molar-refractivity contribution in [1.29, 1.82) is 0 Å². The standard InChI is InChI=1S/C24H31NO5S/c1-3-4-5-6-7-8-17-31(28,29)25-23-18-20(13-16-22(23)24(26)27)10-9-19-11-14-21(30-2)15-12-19/h9-16,18,25H,3-8,17H2,1-2H3,(H,26,27)/b10-9+. The van der Waals surface area contributed by atoms with Crippen LogP contribution in [0.3, 0.4) is 0 Å². The second-order valence-corrected chi connectivity index (χ2v) is 9.25. The Kier molecular flexibility index (Phi) is 9.59. The van der Waals surface area contributed by atoms with Gasteiger partial charge < -0.3 is 9.84 Å². The Bertz CT molecular complexity index is 982. The summed E-state index contributed by atoms with van der Waals surface area (Å²) < 4.78 is 32.6. The first-order valence-electron chi connectivity index (χ1n) is 10.5. The molecule has 31 heavy (non-hydrogen) atoms. The van der Waals surface area contributed by atoms with Gasteiger partial charge in [0.05, 0.1) is 24.1 Å². The molecule has 0 fully saturated rings. The van der Waals surface area contributed by atoms with Gasteiger partial charge in [0.1, 0.15) is 5.75 Å². The quantitative estimate of drug-likeness (QED) is 0.306. The number of benzene rings is 2. The lowest BCUT2D eigenvalue weighted by atomic mass is 10.1. The fraction of sp³-hybridized carbons (Fsp3) is 0.375. The van der Waals surface area contributed by atoms with Crippen LogP contribution in [0.2, 0.25) is 0 Å². The SMILES string of the molecule is CCCCCCCCS(=O)(=O)Nc1cc(/C=C/c2ccc(OC)cc2)ccc1C(=O)O. The number of aromatic carboxylic acids is 1. The summed E-state index contributed by atoms with van der Waals surface area (Å²) in [5, 5.41) is 9.44. The largest absolute Gasteiger partial charge is 0.497 e. The topological polar surface area (TPSA) is 92.7 Å². The maximum absolute atomic E-state index is 12.5. The molecule has 2 aromatic carbocycles. The number of hydrogen-bond donors (Lipinski definition) is 2. The van der Waals surface area contributed by atoms with E-state index in [0.29, 0.717) is 12.0 Å². The molecule has 0 bridgehead atoms. The highest BCUT2D eigenvalue weighted by molar-refractivity contribution is 7.92. The minimum Gasteiger partial charge on any atom is -0.497 e. The molecule has 0 unspecified atom stereocenters. The maximum atomic E-state index is 12.5. The molecule has 0 amide bonds. The Balaban J connectivity index is 2.10. The summed E-state index contributed by atoms with van der Waals surface area (Å²) in [7, 11) is -2.03. The van der Waals surface area contributed by atoms with E-state index < -0.39 is 16.0 Å². The van der Waals surface area contributed by atoms with Gasteiger partial charge in [-0.2, -0.15) is 0 Å². The van der Waals surface area contributed by atoms with E-state index in [1.807, 2.05) is 30.3 Å². The van der Waals surface area contributed by atoms with Gasteiger partial charge in [0, 0.05) is 0 Å². The van der Waals surface area contributed by atoms with Crippen LogP contribution in [0.4, 0.5) is 5.69 Å². The number of nitrogens with one attached hydrogen (secondary N) is 1. The number of unbranched alkanes of at least 4 members (excludes halogenated alkanes) is 5. The number of anilines is 1. The van der Waals surface area contributed by atoms with Gasteiger partial charge in [-0.05, 0) is 41.8 Å². The average Bonchev–Trinajstić information content (AvgIpc) is 2.74. The Morgan fingerprint density at radius 2 is 1.58 bits per heavy atom. The summed E-state index contributed by atoms with van der Waals surface area (Å²) in [6, 6.07) is 12.1. The minimum absolute atomic E-state index is 0.0237. The Morgan fingerprint density at radius 1 is 0.968 bits per heavy atom. The molecule has 0 aliphatic heterocycles. The Labute approximate surface area is 185 Å². The lowest BCUT2D eigenvalue weighted by Gasteiger charge is -2.11. The van der Waals surface area contributed by atoms with Crippen molar-refractivity contribution in [3.8, 4) is 5.75 Å². The molecular formula is C24H31NO5S. The van der Waals surface area contributed by atoms with E-state index in [0.717, 1.165) is 43.4 Å². The lowest BCUT2D eigenvalue weighted by Crippen LogP contribution is -2.18. The Morgan fingerprint density at radius 3 is 2.23 bits per heavy atom. The van der Waals surface area contributed by atoms with Gasteiger partial charge in [-0.3, -0.25) is 4.72 Å². The molecule has 0 radical (unpaired) electrons. The first-order chi connectivity index (χ1) is 14.8. The third-order valence-corrected chi connectivity index (χ3v) is 6.25. The molecule has 0 aliphatic rings. The third-order valence-electron chi connectivity index (χ3n) is 4.89. The zero-order valence-electron chi connectivity index (χ0n) is 18.1. The van der Waals surface area contributed by atoms with Crippen LogP contribution in [0.25, 0.3) is 12.2 Å². The molecule has 0 saturated carbocycles. The number of carboxylic acids is 1. The number of ether oxygens (including phenoxy) is 1. The lowest BCUT2D eigenvalue weighted by molar-refractivity contribution is 0.0698. The highest BCUT2D eigenvalue weighted by atomic mass is 32.2. The Hall–Kier alpha value is -2.80. The van der Waals surface area contributed by atoms with Crippen LogP contribution < -0.4 is 9.46 Å². The van der Waals surface area contributed by atoms with E-state index in [9.17, 15) is 18.3 Å². The first-order valence-corrected chi connectivity index (χ1v) is 12.2. The fourth-order valence-corrected chi connectivity index (χ4v) is 4.33. The van der Waals surface area contributed by atoms with Crippen molar-refractivity contribution in [3.05, 3.63) is 59.2 Å². The molecule has 0 heterocycles. The highest BCUT2D eigenvalue weighted by Gasteiger charge is 2.16. The summed E-state index contributed by atoms with van der Waals surface area (Å²) >= 11 is 0. The molecule has 2 N–H and O–H groups in total. The average molecular weight is 446 g/mol. The van der Waals surface area contributed by atoms with Gasteiger partial charge in [0.15, 0.2) is 0 Å². The van der Waals surface area contributed by atoms with Crippen LogP contribution in [0.5, 0.6) is 5.75 Å². The monoisotopic (exact) mass is 445 g/mol. The summed E-state index contributed by atoms with van der Waals surface area (Å²) in [4.78, 5) is 11.6. The number of carboxylic acid groups (broad SMARTS) is 1. The number of rotatable bonds is 13. The van der Waals surface area contributed by atoms with Crippen molar-refractivity contribution >= 4 is 33.8 Å². The number of sulfonamides is 1. The van der Waals surface area contributed by atoms with Crippen LogP contribution in [0.15, 0.2) is 42.5 Å². The maximum Gasteiger partial charge on any atom is 0.337 e. The molecule has 0 spiro atoms. The van der Waals surface area contributed by atoms with E-state index in [4.69, 9.17) is 4.74 Å². The minimum atomic E-state index is -3.63. The van der Waals surface area contributed by atoms with E-state index in [1.54, 1.807) is 25.3 Å². The van der Waals surface area contributed by atoms with Crippen molar-refractivity contribution in [2.75, 3.05) is 17.6 Å². The third kappa shape index (κ3) is 8.45. The summed E-state index contributed by atoms with van der Waals surface area (Å²) in [6.07, 6.45) is 9.48. The van der Waals surface area contributed by atoms with Crippen molar-refractivity contribution in [2.45, 2.75) is 45.4 Å². The van der Waals surface area contributed by atoms with Gasteiger partial charge in [0.25, 0.3) is 0 Å². The van der Waals surface area contributed by atoms with Gasteiger partial charge in [-0.15, -0.1) is 0 Å². The van der Waals surface area contributed by atoms with Gasteiger partial charge in [-0.25, -0.2) is 13.2 Å². The molecule has 0 aliphatic carbocycles. The highest BCUT2D eigenvalue weighted by Crippen LogP contribution is 2.22. The van der Waals surface area contributed by atoms with Crippen LogP contribution >= 0.6 is 0 Å². The number of carbonyl (C=O) groups is 1. The van der Waals surface area contributed by atoms with Crippen molar-refractivity contribution in [3.63, 3.8) is 0 Å². The van der Waals surface area contributed by atoms with Crippen molar-refractivity contribution in [2.24, 2.45) is 0 Å². The molecule has 7 heteroatoms. The van der Waals surface area contributed by atoms with Crippen molar-refractivity contribution in [1.82, 2.24) is 0 Å². The molecule has 0 atom stereocenters. The summed E-state index contributed by atoms with van der Waals surface area (Å²) in [5.74, 6) is -0.447. The smallest absolute Gasteiger partial charge is 0.337 e. The van der Waals surface area contributed by atoms with E-state index in [2.05, 4.69) is 11.6 Å². The number of hydrogen-bond acceptors (Lipinski definition) is 4. The van der Waals surface area contributed by atoms with Gasteiger partial charge >= 0.3 is 5.97 Å². The predicted molar refractivity (Wildman–Crippen MR) is 126 cm³/mol. The van der Waals surface area contributed by atoms with Crippen molar-refractivity contribution < 1.29 is 23.1 Å². The van der Waals surface area contributed by atoms with Crippen LogP contribution in [0, 0.1) is 0 Å². The molecule has 0 aromatic heterocycles. The van der Waals surface area contributed by atoms with Crippen LogP contribution in [0.1, 0.15) is 66.9 Å². The normalized spacial score (nSPS) is 11.5. The molecule has 0 saturated heterocycles. The molecule has 6 nitrogen and oxygen atoms in total. The predicted octanol–water partition coefficient (Wildman–Crippen LogP) is 5.67. The van der Waals surface area contributed by atoms with Crippen LogP contribution in [-0.4, -0.2) is 32.4 Å². The fourth-order valence-electron chi connectivity index (χ4n) is 3.13. The van der Waals surface area contributed by atoms with Crippen LogP contribution in [-0.2, 0) is 10.0 Å². The zero-order valence-corrected chi connectivity index (χ0v) is 19.0. The first kappa shape index (κ1) is 24.5. The molecule has 2 aromatic rings. The zero-order chi connectivity index (χ0) is 22.7. The second-order valence-electron chi connectivity index (χ2n) is 7.41.